The lowest BCUT2D eigenvalue weighted by Gasteiger charge is -2.06. The van der Waals surface area contributed by atoms with Gasteiger partial charge in [0, 0.05) is 23.0 Å². The van der Waals surface area contributed by atoms with E-state index >= 15 is 0 Å². The third-order valence-corrected chi connectivity index (χ3v) is 2.29. The summed E-state index contributed by atoms with van der Waals surface area (Å²) < 4.78 is 5.55. The van der Waals surface area contributed by atoms with Crippen LogP contribution in [-0.2, 0) is 6.61 Å². The van der Waals surface area contributed by atoms with E-state index in [1.165, 1.54) is 0 Å². The Hall–Kier alpha value is -1.74. The fourth-order valence-corrected chi connectivity index (χ4v) is 1.41. The highest BCUT2D eigenvalue weighted by atomic mass is 35.5. The van der Waals surface area contributed by atoms with Crippen LogP contribution in [0.3, 0.4) is 0 Å². The number of benzene rings is 1. The number of ether oxygens (including phenoxy) is 1. The molecule has 0 saturated heterocycles. The zero-order chi connectivity index (χ0) is 11.4. The van der Waals surface area contributed by atoms with Gasteiger partial charge >= 0.3 is 0 Å². The Labute approximate surface area is 98.8 Å². The van der Waals surface area contributed by atoms with Crippen molar-refractivity contribution in [3.05, 3.63) is 53.3 Å². The van der Waals surface area contributed by atoms with Gasteiger partial charge in [-0.05, 0) is 30.3 Å². The second-order valence-electron chi connectivity index (χ2n) is 3.37. The van der Waals surface area contributed by atoms with Crippen LogP contribution in [-0.4, -0.2) is 4.98 Å². The molecule has 0 aliphatic rings. The molecule has 0 fully saturated rings. The molecular formula is C12H11ClN2O. The number of anilines is 1. The smallest absolute Gasteiger partial charge is 0.119 e. The van der Waals surface area contributed by atoms with Crippen molar-refractivity contribution in [3.8, 4) is 5.75 Å². The largest absolute Gasteiger partial charge is 0.489 e. The first-order valence-electron chi connectivity index (χ1n) is 4.82. The maximum absolute atomic E-state index is 5.77. The Bertz CT molecular complexity index is 471. The first-order valence-corrected chi connectivity index (χ1v) is 5.19. The van der Waals surface area contributed by atoms with Crippen molar-refractivity contribution in [3.63, 3.8) is 0 Å². The SMILES string of the molecule is Nc1cncc(COc2ccc(Cl)cc2)c1. The van der Waals surface area contributed by atoms with Crippen LogP contribution in [0.5, 0.6) is 5.75 Å². The van der Waals surface area contributed by atoms with E-state index in [2.05, 4.69) is 4.98 Å². The molecule has 0 saturated carbocycles. The highest BCUT2D eigenvalue weighted by molar-refractivity contribution is 6.30. The average molecular weight is 235 g/mol. The molecule has 16 heavy (non-hydrogen) atoms. The molecule has 3 nitrogen and oxygen atoms in total. The van der Waals surface area contributed by atoms with Crippen molar-refractivity contribution in [2.45, 2.75) is 6.61 Å². The van der Waals surface area contributed by atoms with Crippen LogP contribution in [0.2, 0.25) is 5.02 Å². The molecule has 2 rings (SSSR count). The van der Waals surface area contributed by atoms with Crippen LogP contribution in [0.4, 0.5) is 5.69 Å². The first-order chi connectivity index (χ1) is 7.74. The summed E-state index contributed by atoms with van der Waals surface area (Å²) in [6.45, 7) is 0.444. The van der Waals surface area contributed by atoms with E-state index in [1.54, 1.807) is 24.5 Å². The molecule has 0 aliphatic carbocycles. The predicted molar refractivity (Wildman–Crippen MR) is 64.4 cm³/mol. The Kier molecular flexibility index (Phi) is 3.27. The molecule has 0 spiro atoms. The quantitative estimate of drug-likeness (QED) is 0.888. The number of nitrogens with zero attached hydrogens (tertiary/aromatic N) is 1. The number of hydrogen-bond acceptors (Lipinski definition) is 3. The second-order valence-corrected chi connectivity index (χ2v) is 3.81. The molecule has 0 unspecified atom stereocenters. The number of pyridine rings is 1. The van der Waals surface area contributed by atoms with Crippen LogP contribution in [0.25, 0.3) is 0 Å². The molecule has 4 heteroatoms. The molecule has 1 aromatic heterocycles. The van der Waals surface area contributed by atoms with E-state index in [9.17, 15) is 0 Å². The zero-order valence-electron chi connectivity index (χ0n) is 8.56. The number of hydrogen-bond donors (Lipinski definition) is 1. The molecule has 0 atom stereocenters. The first kappa shape index (κ1) is 10.8. The van der Waals surface area contributed by atoms with Gasteiger partial charge in [-0.15, -0.1) is 0 Å². The van der Waals surface area contributed by atoms with Gasteiger partial charge in [-0.3, -0.25) is 4.98 Å². The minimum Gasteiger partial charge on any atom is -0.489 e. The van der Waals surface area contributed by atoms with Gasteiger partial charge in [0.25, 0.3) is 0 Å². The van der Waals surface area contributed by atoms with E-state index in [0.29, 0.717) is 17.3 Å². The monoisotopic (exact) mass is 234 g/mol. The number of nitrogen functional groups attached to an aromatic ring is 1. The summed E-state index contributed by atoms with van der Waals surface area (Å²) in [7, 11) is 0. The lowest BCUT2D eigenvalue weighted by molar-refractivity contribution is 0.306. The van der Waals surface area contributed by atoms with E-state index in [1.807, 2.05) is 18.2 Å². The summed E-state index contributed by atoms with van der Waals surface area (Å²) in [5, 5.41) is 0.693. The minimum absolute atomic E-state index is 0.444. The maximum atomic E-state index is 5.77. The van der Waals surface area contributed by atoms with Gasteiger partial charge < -0.3 is 10.5 Å². The number of aromatic nitrogens is 1. The average Bonchev–Trinajstić information content (AvgIpc) is 2.28. The lowest BCUT2D eigenvalue weighted by Crippen LogP contribution is -1.97. The highest BCUT2D eigenvalue weighted by Gasteiger charge is 1.97. The zero-order valence-corrected chi connectivity index (χ0v) is 9.32. The van der Waals surface area contributed by atoms with Gasteiger partial charge in [-0.2, -0.15) is 0 Å². The summed E-state index contributed by atoms with van der Waals surface area (Å²) >= 11 is 5.77. The second kappa shape index (κ2) is 4.86. The molecule has 1 aromatic carbocycles. The van der Waals surface area contributed by atoms with E-state index < -0.39 is 0 Å². The van der Waals surface area contributed by atoms with Crippen LogP contribution in [0.15, 0.2) is 42.7 Å². The van der Waals surface area contributed by atoms with Gasteiger partial charge in [0.05, 0.1) is 5.69 Å². The third-order valence-electron chi connectivity index (χ3n) is 2.04. The van der Waals surface area contributed by atoms with Crippen molar-refractivity contribution < 1.29 is 4.74 Å². The Morgan fingerprint density at radius 3 is 2.62 bits per heavy atom. The van der Waals surface area contributed by atoms with Crippen molar-refractivity contribution in [1.29, 1.82) is 0 Å². The summed E-state index contributed by atoms with van der Waals surface area (Å²) in [4.78, 5) is 3.98. The molecule has 0 radical (unpaired) electrons. The Morgan fingerprint density at radius 2 is 1.94 bits per heavy atom. The number of nitrogens with two attached hydrogens (primary N) is 1. The summed E-state index contributed by atoms with van der Waals surface area (Å²) in [5.41, 5.74) is 7.19. The van der Waals surface area contributed by atoms with Crippen molar-refractivity contribution >= 4 is 17.3 Å². The fourth-order valence-electron chi connectivity index (χ4n) is 1.28. The van der Waals surface area contributed by atoms with Crippen LogP contribution < -0.4 is 10.5 Å². The standard InChI is InChI=1S/C12H11ClN2O/c13-10-1-3-12(4-2-10)16-8-9-5-11(14)7-15-6-9/h1-7H,8,14H2. The lowest BCUT2D eigenvalue weighted by atomic mass is 10.3. The van der Waals surface area contributed by atoms with E-state index in [4.69, 9.17) is 22.1 Å². The van der Waals surface area contributed by atoms with Crippen LogP contribution >= 0.6 is 11.6 Å². The van der Waals surface area contributed by atoms with Gasteiger partial charge in [0.1, 0.15) is 12.4 Å². The van der Waals surface area contributed by atoms with Crippen LogP contribution in [0, 0.1) is 0 Å². The highest BCUT2D eigenvalue weighted by Crippen LogP contribution is 2.17. The molecular weight excluding hydrogens is 224 g/mol. The molecule has 0 bridgehead atoms. The molecule has 1 heterocycles. The van der Waals surface area contributed by atoms with Crippen molar-refractivity contribution in [2.24, 2.45) is 0 Å². The van der Waals surface area contributed by atoms with E-state index in [-0.39, 0.29) is 0 Å². The predicted octanol–water partition coefficient (Wildman–Crippen LogP) is 2.90. The summed E-state index contributed by atoms with van der Waals surface area (Å²) in [5.74, 6) is 0.770. The number of halogens is 1. The normalized spacial score (nSPS) is 10.1. The fraction of sp³-hybridized carbons (Fsp3) is 0.0833. The minimum atomic E-state index is 0.444. The molecule has 2 N–H and O–H groups in total. The van der Waals surface area contributed by atoms with Crippen LogP contribution in [0.1, 0.15) is 5.56 Å². The molecule has 0 aliphatic heterocycles. The molecule has 82 valence electrons. The maximum Gasteiger partial charge on any atom is 0.119 e. The van der Waals surface area contributed by atoms with Crippen molar-refractivity contribution in [1.82, 2.24) is 4.98 Å². The van der Waals surface area contributed by atoms with Crippen molar-refractivity contribution in [2.75, 3.05) is 5.73 Å². The topological polar surface area (TPSA) is 48.1 Å². The Morgan fingerprint density at radius 1 is 1.19 bits per heavy atom. The van der Waals surface area contributed by atoms with Gasteiger partial charge in [0.2, 0.25) is 0 Å². The molecule has 0 amide bonds. The van der Waals surface area contributed by atoms with Gasteiger partial charge in [-0.1, -0.05) is 11.6 Å². The number of rotatable bonds is 3. The molecule has 2 aromatic rings. The van der Waals surface area contributed by atoms with Gasteiger partial charge in [-0.25, -0.2) is 0 Å². The summed E-state index contributed by atoms with van der Waals surface area (Å²) in [6.07, 6.45) is 3.33. The summed E-state index contributed by atoms with van der Waals surface area (Å²) in [6, 6.07) is 9.05. The third kappa shape index (κ3) is 2.87. The van der Waals surface area contributed by atoms with E-state index in [0.717, 1.165) is 11.3 Å². The Balaban J connectivity index is 1.99. The van der Waals surface area contributed by atoms with Gasteiger partial charge in [0.15, 0.2) is 0 Å².